The summed E-state index contributed by atoms with van der Waals surface area (Å²) in [7, 11) is 0. The molecule has 3 aromatic heterocycles. The molecule has 7 nitrogen and oxygen atoms in total. The Bertz CT molecular complexity index is 1070. The van der Waals surface area contributed by atoms with Crippen molar-refractivity contribution in [3.8, 4) is 0 Å². The van der Waals surface area contributed by atoms with Gasteiger partial charge in [0.2, 0.25) is 0 Å². The van der Waals surface area contributed by atoms with E-state index in [4.69, 9.17) is 0 Å². The van der Waals surface area contributed by atoms with Crippen molar-refractivity contribution >= 4 is 22.7 Å². The number of aryl methyl sites for hydroxylation is 1. The molecule has 28 heavy (non-hydrogen) atoms. The summed E-state index contributed by atoms with van der Waals surface area (Å²) >= 11 is 0. The molecule has 0 aliphatic heterocycles. The fourth-order valence-electron chi connectivity index (χ4n) is 3.27. The van der Waals surface area contributed by atoms with E-state index in [2.05, 4.69) is 20.3 Å². The minimum absolute atomic E-state index is 0.0664. The summed E-state index contributed by atoms with van der Waals surface area (Å²) in [6.07, 6.45) is 7.49. The summed E-state index contributed by atoms with van der Waals surface area (Å²) in [6, 6.07) is 5.95. The predicted octanol–water partition coefficient (Wildman–Crippen LogP) is 3.11. The number of amidine groups is 1. The third kappa shape index (κ3) is 3.67. The lowest BCUT2D eigenvalue weighted by atomic mass is 10.3. The van der Waals surface area contributed by atoms with Crippen molar-refractivity contribution in [2.45, 2.75) is 38.8 Å². The maximum Gasteiger partial charge on any atom is 0.329 e. The van der Waals surface area contributed by atoms with Gasteiger partial charge in [-0.15, -0.1) is 0 Å². The van der Waals surface area contributed by atoms with Crippen LogP contribution in [0.4, 0.5) is 10.2 Å². The van der Waals surface area contributed by atoms with E-state index in [1.54, 1.807) is 23.2 Å². The molecule has 0 bridgehead atoms. The van der Waals surface area contributed by atoms with E-state index in [1.807, 2.05) is 29.7 Å². The molecule has 146 valence electrons. The number of nitrogens with zero attached hydrogens (tertiary/aromatic N) is 5. The molecule has 3 aromatic rings. The summed E-state index contributed by atoms with van der Waals surface area (Å²) in [5, 5.41) is 3.23. The number of halogens is 1. The monoisotopic (exact) mass is 382 g/mol. The van der Waals surface area contributed by atoms with Gasteiger partial charge in [-0.1, -0.05) is 6.07 Å². The lowest BCUT2D eigenvalue weighted by molar-refractivity contribution is 0.477. The van der Waals surface area contributed by atoms with E-state index < -0.39 is 6.67 Å². The van der Waals surface area contributed by atoms with Gasteiger partial charge in [0.1, 0.15) is 11.7 Å². The van der Waals surface area contributed by atoms with Crippen LogP contribution in [0, 0.1) is 6.92 Å². The first-order chi connectivity index (χ1) is 13.7. The highest BCUT2D eigenvalue weighted by Gasteiger charge is 2.29. The zero-order chi connectivity index (χ0) is 19.5. The van der Waals surface area contributed by atoms with Gasteiger partial charge in [0.05, 0.1) is 30.4 Å². The Morgan fingerprint density at radius 2 is 2.18 bits per heavy atom. The third-order valence-corrected chi connectivity index (χ3v) is 4.85. The fraction of sp³-hybridized carbons (Fsp3) is 0.400. The van der Waals surface area contributed by atoms with Gasteiger partial charge >= 0.3 is 5.69 Å². The van der Waals surface area contributed by atoms with Gasteiger partial charge in [0, 0.05) is 25.0 Å². The molecule has 0 saturated heterocycles. The summed E-state index contributed by atoms with van der Waals surface area (Å²) in [4.78, 5) is 26.1. The van der Waals surface area contributed by atoms with E-state index in [-0.39, 0.29) is 18.3 Å². The highest BCUT2D eigenvalue weighted by Crippen LogP contribution is 2.35. The summed E-state index contributed by atoms with van der Waals surface area (Å²) in [6.45, 7) is 2.12. The molecule has 0 amide bonds. The summed E-state index contributed by atoms with van der Waals surface area (Å²) in [5.41, 5.74) is 2.56. The lowest BCUT2D eigenvalue weighted by Gasteiger charge is -2.12. The Morgan fingerprint density at radius 3 is 2.93 bits per heavy atom. The number of rotatable bonds is 7. The standard InChI is InChI=1S/C20H23FN6O/c1-14-4-2-9-24-19(14)25-18(23-10-3-8-21)13-26-17-12-22-11-7-16(17)27(20(26)28)15-5-6-15/h2,4,7,9,11-12,15H,3,5-6,8,10,13H2,1H3,(H,23,24,25). The van der Waals surface area contributed by atoms with Crippen LogP contribution in [0.5, 0.6) is 0 Å². The number of nitrogens with one attached hydrogen (secondary N) is 1. The van der Waals surface area contributed by atoms with E-state index in [1.165, 1.54) is 0 Å². The number of hydrogen-bond donors (Lipinski definition) is 1. The molecule has 0 unspecified atom stereocenters. The van der Waals surface area contributed by atoms with Crippen molar-refractivity contribution in [3.63, 3.8) is 0 Å². The van der Waals surface area contributed by atoms with Crippen molar-refractivity contribution < 1.29 is 4.39 Å². The van der Waals surface area contributed by atoms with Gasteiger partial charge in [-0.3, -0.25) is 23.5 Å². The van der Waals surface area contributed by atoms with Crippen LogP contribution in [0.3, 0.4) is 0 Å². The summed E-state index contributed by atoms with van der Waals surface area (Å²) in [5.74, 6) is 1.26. The van der Waals surface area contributed by atoms with Gasteiger partial charge < -0.3 is 5.32 Å². The maximum atomic E-state index is 13.1. The van der Waals surface area contributed by atoms with E-state index in [9.17, 15) is 9.18 Å². The zero-order valence-electron chi connectivity index (χ0n) is 15.8. The molecule has 0 spiro atoms. The minimum Gasteiger partial charge on any atom is -0.327 e. The number of aliphatic imine (C=N–C) groups is 1. The molecule has 1 fully saturated rings. The summed E-state index contributed by atoms with van der Waals surface area (Å²) < 4.78 is 16.1. The SMILES string of the molecule is Cc1cccnc1NC(Cn1c(=O)n(C2CC2)c2ccncc21)=NCCCF. The van der Waals surface area contributed by atoms with Crippen LogP contribution in [0.25, 0.3) is 11.0 Å². The van der Waals surface area contributed by atoms with Crippen molar-refractivity contribution in [3.05, 3.63) is 52.8 Å². The topological polar surface area (TPSA) is 77.1 Å². The molecule has 0 aromatic carbocycles. The van der Waals surface area contributed by atoms with Crippen molar-refractivity contribution in [1.29, 1.82) is 0 Å². The highest BCUT2D eigenvalue weighted by molar-refractivity contribution is 5.95. The average molecular weight is 382 g/mol. The van der Waals surface area contributed by atoms with Crippen LogP contribution >= 0.6 is 0 Å². The van der Waals surface area contributed by atoms with Crippen molar-refractivity contribution in [1.82, 2.24) is 19.1 Å². The number of pyridine rings is 2. The predicted molar refractivity (Wildman–Crippen MR) is 108 cm³/mol. The van der Waals surface area contributed by atoms with Gasteiger partial charge in [0.25, 0.3) is 0 Å². The average Bonchev–Trinajstić information content (AvgIpc) is 3.49. The highest BCUT2D eigenvalue weighted by atomic mass is 19.1. The van der Waals surface area contributed by atoms with Crippen LogP contribution in [-0.4, -0.2) is 38.2 Å². The Kier molecular flexibility index (Phi) is 5.18. The van der Waals surface area contributed by atoms with Crippen LogP contribution in [0.15, 0.2) is 46.6 Å². The molecule has 1 saturated carbocycles. The van der Waals surface area contributed by atoms with E-state index in [0.29, 0.717) is 24.6 Å². The molecule has 4 rings (SSSR count). The van der Waals surface area contributed by atoms with Gasteiger partial charge in [0.15, 0.2) is 0 Å². The zero-order valence-corrected chi connectivity index (χ0v) is 15.8. The molecular formula is C20H23FN6O. The fourth-order valence-corrected chi connectivity index (χ4v) is 3.27. The second-order valence-electron chi connectivity index (χ2n) is 7.00. The first-order valence-electron chi connectivity index (χ1n) is 9.51. The second kappa shape index (κ2) is 7.92. The number of aromatic nitrogens is 4. The maximum absolute atomic E-state index is 13.1. The van der Waals surface area contributed by atoms with Crippen LogP contribution < -0.4 is 11.0 Å². The normalized spacial score (nSPS) is 14.6. The number of anilines is 1. The van der Waals surface area contributed by atoms with Crippen molar-refractivity contribution in [2.75, 3.05) is 18.5 Å². The Hall–Kier alpha value is -3.03. The molecule has 3 heterocycles. The molecule has 1 aliphatic rings. The Morgan fingerprint density at radius 1 is 1.32 bits per heavy atom. The number of imidazole rings is 1. The second-order valence-corrected chi connectivity index (χ2v) is 7.00. The van der Waals surface area contributed by atoms with Gasteiger partial charge in [-0.25, -0.2) is 9.78 Å². The van der Waals surface area contributed by atoms with E-state index in [0.717, 1.165) is 29.4 Å². The Balaban J connectivity index is 1.71. The first kappa shape index (κ1) is 18.3. The van der Waals surface area contributed by atoms with Crippen molar-refractivity contribution in [2.24, 2.45) is 4.99 Å². The Labute approximate surface area is 162 Å². The number of alkyl halides is 1. The number of hydrogen-bond acceptors (Lipinski definition) is 4. The smallest absolute Gasteiger partial charge is 0.327 e. The molecular weight excluding hydrogens is 359 g/mol. The molecule has 1 N–H and O–H groups in total. The van der Waals surface area contributed by atoms with Crippen LogP contribution in [-0.2, 0) is 6.54 Å². The first-order valence-corrected chi connectivity index (χ1v) is 9.51. The minimum atomic E-state index is -0.426. The van der Waals surface area contributed by atoms with E-state index >= 15 is 0 Å². The molecule has 0 radical (unpaired) electrons. The number of fused-ring (bicyclic) bond motifs is 1. The van der Waals surface area contributed by atoms with Gasteiger partial charge in [-0.05, 0) is 43.9 Å². The molecule has 0 atom stereocenters. The largest absolute Gasteiger partial charge is 0.329 e. The molecule has 1 aliphatic carbocycles. The lowest BCUT2D eigenvalue weighted by Crippen LogP contribution is -2.30. The van der Waals surface area contributed by atoms with Gasteiger partial charge in [-0.2, -0.15) is 0 Å². The third-order valence-electron chi connectivity index (χ3n) is 4.85. The van der Waals surface area contributed by atoms with Crippen LogP contribution in [0.2, 0.25) is 0 Å². The quantitative estimate of drug-likeness (QED) is 0.387. The van der Waals surface area contributed by atoms with Crippen LogP contribution in [0.1, 0.15) is 30.9 Å². The molecule has 8 heteroatoms.